The van der Waals surface area contributed by atoms with Crippen LogP contribution in [0.25, 0.3) is 0 Å². The second-order valence-corrected chi connectivity index (χ2v) is 4.42. The van der Waals surface area contributed by atoms with Crippen LogP contribution in [0, 0.1) is 12.7 Å². The Morgan fingerprint density at radius 3 is 2.88 bits per heavy atom. The molecule has 0 saturated heterocycles. The van der Waals surface area contributed by atoms with Gasteiger partial charge in [-0.1, -0.05) is 23.7 Å². The number of halogens is 2. The summed E-state index contributed by atoms with van der Waals surface area (Å²) in [5, 5.41) is 0.123. The summed E-state index contributed by atoms with van der Waals surface area (Å²) in [5.41, 5.74) is 7.37. The first-order valence-corrected chi connectivity index (χ1v) is 5.69. The Bertz CT molecular complexity index is 524. The number of hydrogen-bond acceptors (Lipinski definition) is 2. The van der Waals surface area contributed by atoms with E-state index in [1.54, 1.807) is 18.4 Å². The van der Waals surface area contributed by atoms with Crippen molar-refractivity contribution in [3.63, 3.8) is 0 Å². The third-order valence-corrected chi connectivity index (χ3v) is 2.94. The molecule has 1 heterocycles. The lowest BCUT2D eigenvalue weighted by Gasteiger charge is -2.10. The van der Waals surface area contributed by atoms with Crippen LogP contribution in [0.4, 0.5) is 4.39 Å². The zero-order chi connectivity index (χ0) is 12.4. The molecular formula is C13H13ClFNO. The minimum Gasteiger partial charge on any atom is -0.469 e. The fourth-order valence-corrected chi connectivity index (χ4v) is 1.91. The summed E-state index contributed by atoms with van der Waals surface area (Å²) >= 11 is 5.71. The van der Waals surface area contributed by atoms with E-state index in [0.29, 0.717) is 12.0 Å². The standard InChI is InChI=1S/C13H13ClFNO/c1-8-5-10(7-17-8)12(16)6-9-3-2-4-11(14)13(9)15/h2-5,7,12H,6,16H2,1H3. The number of rotatable bonds is 3. The third-order valence-electron chi connectivity index (χ3n) is 2.65. The molecule has 1 unspecified atom stereocenters. The Morgan fingerprint density at radius 2 is 2.24 bits per heavy atom. The van der Waals surface area contributed by atoms with Crippen molar-refractivity contribution in [3.05, 3.63) is 58.3 Å². The van der Waals surface area contributed by atoms with E-state index in [4.69, 9.17) is 21.8 Å². The van der Waals surface area contributed by atoms with Gasteiger partial charge in [0.25, 0.3) is 0 Å². The quantitative estimate of drug-likeness (QED) is 0.907. The molecule has 2 aromatic rings. The molecule has 0 bridgehead atoms. The Morgan fingerprint density at radius 1 is 1.47 bits per heavy atom. The maximum atomic E-state index is 13.7. The molecule has 1 aromatic carbocycles. The molecule has 90 valence electrons. The Balaban J connectivity index is 2.18. The second-order valence-electron chi connectivity index (χ2n) is 4.01. The largest absolute Gasteiger partial charge is 0.469 e. The molecule has 0 aliphatic carbocycles. The minimum atomic E-state index is -0.398. The molecule has 0 saturated carbocycles. The van der Waals surface area contributed by atoms with Gasteiger partial charge in [-0.2, -0.15) is 0 Å². The first kappa shape index (κ1) is 12.1. The van der Waals surface area contributed by atoms with Crippen molar-refractivity contribution in [1.82, 2.24) is 0 Å². The lowest BCUT2D eigenvalue weighted by atomic mass is 10.0. The molecule has 4 heteroatoms. The van der Waals surface area contributed by atoms with E-state index in [0.717, 1.165) is 11.3 Å². The first-order chi connectivity index (χ1) is 8.08. The Hall–Kier alpha value is -1.32. The van der Waals surface area contributed by atoms with E-state index >= 15 is 0 Å². The fraction of sp³-hybridized carbons (Fsp3) is 0.231. The van der Waals surface area contributed by atoms with Crippen LogP contribution in [0.5, 0.6) is 0 Å². The molecule has 17 heavy (non-hydrogen) atoms. The topological polar surface area (TPSA) is 39.2 Å². The molecule has 0 amide bonds. The van der Waals surface area contributed by atoms with E-state index in [-0.39, 0.29) is 11.1 Å². The number of aryl methyl sites for hydroxylation is 1. The zero-order valence-corrected chi connectivity index (χ0v) is 10.2. The number of nitrogens with two attached hydrogens (primary N) is 1. The highest BCUT2D eigenvalue weighted by atomic mass is 35.5. The molecular weight excluding hydrogens is 241 g/mol. The van der Waals surface area contributed by atoms with Gasteiger partial charge in [-0.15, -0.1) is 0 Å². The van der Waals surface area contributed by atoms with Crippen molar-refractivity contribution in [2.24, 2.45) is 5.73 Å². The molecule has 0 aliphatic heterocycles. The number of benzene rings is 1. The highest BCUT2D eigenvalue weighted by Crippen LogP contribution is 2.23. The van der Waals surface area contributed by atoms with Gasteiger partial charge < -0.3 is 10.2 Å². The molecule has 0 radical (unpaired) electrons. The minimum absolute atomic E-state index is 0.123. The van der Waals surface area contributed by atoms with E-state index < -0.39 is 5.82 Å². The SMILES string of the molecule is Cc1cc(C(N)Cc2cccc(Cl)c2F)co1. The van der Waals surface area contributed by atoms with Crippen LogP contribution < -0.4 is 5.73 Å². The van der Waals surface area contributed by atoms with Gasteiger partial charge in [0.2, 0.25) is 0 Å². The van der Waals surface area contributed by atoms with Gasteiger partial charge in [0.15, 0.2) is 0 Å². The van der Waals surface area contributed by atoms with Gasteiger partial charge in [0.1, 0.15) is 11.6 Å². The van der Waals surface area contributed by atoms with Crippen molar-refractivity contribution in [2.45, 2.75) is 19.4 Å². The molecule has 1 aromatic heterocycles. The maximum absolute atomic E-state index is 13.7. The van der Waals surface area contributed by atoms with Crippen LogP contribution in [-0.2, 0) is 6.42 Å². The smallest absolute Gasteiger partial charge is 0.145 e. The normalized spacial score (nSPS) is 12.7. The summed E-state index contributed by atoms with van der Waals surface area (Å²) in [5.74, 6) is 0.395. The Kier molecular flexibility index (Phi) is 3.50. The molecule has 0 fully saturated rings. The van der Waals surface area contributed by atoms with E-state index in [1.165, 1.54) is 6.07 Å². The average molecular weight is 254 g/mol. The summed E-state index contributed by atoms with van der Waals surface area (Å²) in [6.45, 7) is 1.84. The Labute approximate surface area is 104 Å². The predicted molar refractivity (Wildman–Crippen MR) is 65.5 cm³/mol. The van der Waals surface area contributed by atoms with Crippen LogP contribution >= 0.6 is 11.6 Å². The highest BCUT2D eigenvalue weighted by Gasteiger charge is 2.13. The molecule has 2 N–H and O–H groups in total. The van der Waals surface area contributed by atoms with Gasteiger partial charge in [-0.25, -0.2) is 4.39 Å². The second kappa shape index (κ2) is 4.90. The predicted octanol–water partition coefficient (Wildman–Crippen LogP) is 3.62. The average Bonchev–Trinajstić information content (AvgIpc) is 2.72. The van der Waals surface area contributed by atoms with Crippen molar-refractivity contribution >= 4 is 11.6 Å². The van der Waals surface area contributed by atoms with Crippen LogP contribution in [0.1, 0.15) is 22.9 Å². The van der Waals surface area contributed by atoms with Gasteiger partial charge in [-0.05, 0) is 31.0 Å². The molecule has 0 spiro atoms. The van der Waals surface area contributed by atoms with Crippen molar-refractivity contribution in [2.75, 3.05) is 0 Å². The lowest BCUT2D eigenvalue weighted by molar-refractivity contribution is 0.527. The number of furan rings is 1. The summed E-state index contributed by atoms with van der Waals surface area (Å²) in [4.78, 5) is 0. The van der Waals surface area contributed by atoms with E-state index in [1.807, 2.05) is 13.0 Å². The maximum Gasteiger partial charge on any atom is 0.145 e. The van der Waals surface area contributed by atoms with Crippen molar-refractivity contribution in [3.8, 4) is 0 Å². The highest BCUT2D eigenvalue weighted by molar-refractivity contribution is 6.30. The first-order valence-electron chi connectivity index (χ1n) is 5.31. The summed E-state index contributed by atoms with van der Waals surface area (Å²) < 4.78 is 18.8. The van der Waals surface area contributed by atoms with Crippen LogP contribution in [0.15, 0.2) is 34.9 Å². The van der Waals surface area contributed by atoms with Gasteiger partial charge in [0.05, 0.1) is 11.3 Å². The zero-order valence-electron chi connectivity index (χ0n) is 9.41. The van der Waals surface area contributed by atoms with Gasteiger partial charge in [-0.3, -0.25) is 0 Å². The number of hydrogen-bond donors (Lipinski definition) is 1. The van der Waals surface area contributed by atoms with Crippen LogP contribution in [0.3, 0.4) is 0 Å². The van der Waals surface area contributed by atoms with Crippen LogP contribution in [0.2, 0.25) is 5.02 Å². The summed E-state index contributed by atoms with van der Waals surface area (Å²) in [6, 6.07) is 6.49. The molecule has 2 rings (SSSR count). The van der Waals surface area contributed by atoms with Gasteiger partial charge >= 0.3 is 0 Å². The van der Waals surface area contributed by atoms with Crippen molar-refractivity contribution < 1.29 is 8.81 Å². The van der Waals surface area contributed by atoms with Crippen LogP contribution in [-0.4, -0.2) is 0 Å². The monoisotopic (exact) mass is 253 g/mol. The van der Waals surface area contributed by atoms with Gasteiger partial charge in [0, 0.05) is 11.6 Å². The third kappa shape index (κ3) is 2.68. The lowest BCUT2D eigenvalue weighted by Crippen LogP contribution is -2.13. The summed E-state index contributed by atoms with van der Waals surface area (Å²) in [7, 11) is 0. The van der Waals surface area contributed by atoms with E-state index in [9.17, 15) is 4.39 Å². The molecule has 2 nitrogen and oxygen atoms in total. The molecule has 1 atom stereocenters. The summed E-state index contributed by atoms with van der Waals surface area (Å²) in [6.07, 6.45) is 1.99. The molecule has 0 aliphatic rings. The van der Waals surface area contributed by atoms with E-state index in [2.05, 4.69) is 0 Å². The van der Waals surface area contributed by atoms with Crippen molar-refractivity contribution in [1.29, 1.82) is 0 Å². The fourth-order valence-electron chi connectivity index (χ4n) is 1.72.